The third-order valence-electron chi connectivity index (χ3n) is 2.68. The zero-order valence-electron chi connectivity index (χ0n) is 10.9. The molecular weight excluding hydrogens is 334 g/mol. The molecule has 0 fully saturated rings. The Labute approximate surface area is 130 Å². The standard InChI is InChI=1S/C16H12BrNO3/c17-13-8-4-7-12(10-13)15(19)18-14(16(20)21)9-11-5-2-1-3-6-11/h1-10H,(H,18,19)(H,20,21)/b14-9-. The molecule has 0 bridgehead atoms. The minimum Gasteiger partial charge on any atom is -0.477 e. The quantitative estimate of drug-likeness (QED) is 0.835. The highest BCUT2D eigenvalue weighted by atomic mass is 79.9. The maximum atomic E-state index is 12.1. The molecule has 2 aromatic rings. The molecule has 2 rings (SSSR count). The van der Waals surface area contributed by atoms with E-state index in [0.717, 1.165) is 4.47 Å². The van der Waals surface area contributed by atoms with Gasteiger partial charge in [0.25, 0.3) is 5.91 Å². The summed E-state index contributed by atoms with van der Waals surface area (Å²) in [7, 11) is 0. The van der Waals surface area contributed by atoms with Gasteiger partial charge in [-0.05, 0) is 29.8 Å². The monoisotopic (exact) mass is 345 g/mol. The van der Waals surface area contributed by atoms with Crippen LogP contribution in [0, 0.1) is 0 Å². The number of carboxylic acid groups (broad SMARTS) is 1. The Morgan fingerprint density at radius 2 is 1.76 bits per heavy atom. The van der Waals surface area contributed by atoms with Crippen LogP contribution in [0.2, 0.25) is 0 Å². The number of nitrogens with one attached hydrogen (secondary N) is 1. The predicted octanol–water partition coefficient (Wildman–Crippen LogP) is 3.30. The summed E-state index contributed by atoms with van der Waals surface area (Å²) in [5.41, 5.74) is 0.903. The Bertz CT molecular complexity index is 696. The van der Waals surface area contributed by atoms with Crippen LogP contribution in [-0.2, 0) is 4.79 Å². The van der Waals surface area contributed by atoms with Crippen molar-refractivity contribution in [1.82, 2.24) is 5.32 Å². The van der Waals surface area contributed by atoms with Crippen LogP contribution in [0.5, 0.6) is 0 Å². The zero-order valence-corrected chi connectivity index (χ0v) is 12.5. The number of rotatable bonds is 4. The van der Waals surface area contributed by atoms with Gasteiger partial charge < -0.3 is 10.4 Å². The van der Waals surface area contributed by atoms with Crippen molar-refractivity contribution in [3.8, 4) is 0 Å². The number of aliphatic carboxylic acids is 1. The summed E-state index contributed by atoms with van der Waals surface area (Å²) in [6, 6.07) is 15.7. The molecule has 106 valence electrons. The normalized spacial score (nSPS) is 11.0. The molecule has 0 aliphatic carbocycles. The molecule has 0 unspecified atom stereocenters. The van der Waals surface area contributed by atoms with Crippen molar-refractivity contribution in [3.63, 3.8) is 0 Å². The average molecular weight is 346 g/mol. The van der Waals surface area contributed by atoms with Crippen molar-refractivity contribution >= 4 is 33.9 Å². The van der Waals surface area contributed by atoms with E-state index in [0.29, 0.717) is 11.1 Å². The van der Waals surface area contributed by atoms with Gasteiger partial charge in [0.1, 0.15) is 5.70 Å². The molecule has 2 N–H and O–H groups in total. The van der Waals surface area contributed by atoms with Crippen molar-refractivity contribution in [2.45, 2.75) is 0 Å². The van der Waals surface area contributed by atoms with Gasteiger partial charge in [-0.2, -0.15) is 0 Å². The van der Waals surface area contributed by atoms with Crippen molar-refractivity contribution in [1.29, 1.82) is 0 Å². The summed E-state index contributed by atoms with van der Waals surface area (Å²) in [6.45, 7) is 0. The molecule has 0 saturated heterocycles. The maximum absolute atomic E-state index is 12.1. The van der Waals surface area contributed by atoms with Gasteiger partial charge in [0.15, 0.2) is 0 Å². The Kier molecular flexibility index (Phi) is 4.90. The summed E-state index contributed by atoms with van der Waals surface area (Å²) in [5.74, 6) is -1.66. The lowest BCUT2D eigenvalue weighted by Crippen LogP contribution is -2.27. The van der Waals surface area contributed by atoms with Gasteiger partial charge in [-0.25, -0.2) is 4.79 Å². The molecule has 0 heterocycles. The second kappa shape index (κ2) is 6.85. The summed E-state index contributed by atoms with van der Waals surface area (Å²) in [5, 5.41) is 11.6. The first-order valence-corrected chi connectivity index (χ1v) is 6.92. The van der Waals surface area contributed by atoms with Gasteiger partial charge in [-0.3, -0.25) is 4.79 Å². The summed E-state index contributed by atoms with van der Waals surface area (Å²) < 4.78 is 0.749. The van der Waals surface area contributed by atoms with E-state index in [1.807, 2.05) is 6.07 Å². The van der Waals surface area contributed by atoms with Crippen LogP contribution in [0.25, 0.3) is 6.08 Å². The zero-order chi connectivity index (χ0) is 15.2. The molecule has 0 aliphatic rings. The molecule has 5 heteroatoms. The number of benzene rings is 2. The number of hydrogen-bond acceptors (Lipinski definition) is 2. The van der Waals surface area contributed by atoms with Crippen LogP contribution in [-0.4, -0.2) is 17.0 Å². The lowest BCUT2D eigenvalue weighted by molar-refractivity contribution is -0.132. The van der Waals surface area contributed by atoms with Crippen LogP contribution in [0.3, 0.4) is 0 Å². The van der Waals surface area contributed by atoms with E-state index in [-0.39, 0.29) is 5.70 Å². The first-order chi connectivity index (χ1) is 10.1. The van der Waals surface area contributed by atoms with Crippen molar-refractivity contribution in [3.05, 3.63) is 75.9 Å². The molecule has 2 aromatic carbocycles. The largest absolute Gasteiger partial charge is 0.477 e. The van der Waals surface area contributed by atoms with Gasteiger partial charge in [0.2, 0.25) is 0 Å². The highest BCUT2D eigenvalue weighted by Gasteiger charge is 2.13. The molecule has 0 saturated carbocycles. The first kappa shape index (κ1) is 15.0. The molecule has 0 aromatic heterocycles. The SMILES string of the molecule is O=C(O)/C(=C/c1ccccc1)NC(=O)c1cccc(Br)c1. The van der Waals surface area contributed by atoms with E-state index in [4.69, 9.17) is 0 Å². The lowest BCUT2D eigenvalue weighted by atomic mass is 10.1. The third kappa shape index (κ3) is 4.29. The number of hydrogen-bond donors (Lipinski definition) is 2. The average Bonchev–Trinajstić information content (AvgIpc) is 2.47. The van der Waals surface area contributed by atoms with Crippen LogP contribution < -0.4 is 5.32 Å². The number of carboxylic acids is 1. The number of amides is 1. The van der Waals surface area contributed by atoms with Gasteiger partial charge >= 0.3 is 5.97 Å². The second-order valence-corrected chi connectivity index (χ2v) is 5.15. The number of carbonyl (C=O) groups is 2. The maximum Gasteiger partial charge on any atom is 0.352 e. The Morgan fingerprint density at radius 3 is 2.38 bits per heavy atom. The van der Waals surface area contributed by atoms with Crippen molar-refractivity contribution in [2.24, 2.45) is 0 Å². The molecule has 4 nitrogen and oxygen atoms in total. The summed E-state index contributed by atoms with van der Waals surface area (Å²) >= 11 is 3.27. The van der Waals surface area contributed by atoms with E-state index < -0.39 is 11.9 Å². The Morgan fingerprint density at radius 1 is 1.05 bits per heavy atom. The molecule has 0 atom stereocenters. The van der Waals surface area contributed by atoms with E-state index >= 15 is 0 Å². The second-order valence-electron chi connectivity index (χ2n) is 4.24. The molecule has 0 spiro atoms. The van der Waals surface area contributed by atoms with E-state index in [9.17, 15) is 14.7 Å². The van der Waals surface area contributed by atoms with Gasteiger partial charge in [0, 0.05) is 10.0 Å². The minimum atomic E-state index is -1.19. The minimum absolute atomic E-state index is 0.175. The third-order valence-corrected chi connectivity index (χ3v) is 3.17. The lowest BCUT2D eigenvalue weighted by Gasteiger charge is -2.06. The van der Waals surface area contributed by atoms with Crippen LogP contribution >= 0.6 is 15.9 Å². The molecule has 1 amide bonds. The molecule has 0 radical (unpaired) electrons. The highest BCUT2D eigenvalue weighted by molar-refractivity contribution is 9.10. The summed E-state index contributed by atoms with van der Waals surface area (Å²) in [4.78, 5) is 23.3. The Hall–Kier alpha value is -2.40. The first-order valence-electron chi connectivity index (χ1n) is 6.13. The molecule has 0 aliphatic heterocycles. The fraction of sp³-hybridized carbons (Fsp3) is 0. The van der Waals surface area contributed by atoms with Crippen molar-refractivity contribution < 1.29 is 14.7 Å². The van der Waals surface area contributed by atoms with E-state index in [2.05, 4.69) is 21.2 Å². The number of carbonyl (C=O) groups excluding carboxylic acids is 1. The topological polar surface area (TPSA) is 66.4 Å². The van der Waals surface area contributed by atoms with Crippen molar-refractivity contribution in [2.75, 3.05) is 0 Å². The van der Waals surface area contributed by atoms with Crippen LogP contribution in [0.4, 0.5) is 0 Å². The smallest absolute Gasteiger partial charge is 0.352 e. The van der Waals surface area contributed by atoms with Crippen LogP contribution in [0.1, 0.15) is 15.9 Å². The summed E-state index contributed by atoms with van der Waals surface area (Å²) in [6.07, 6.45) is 1.41. The number of halogens is 1. The molecule has 21 heavy (non-hydrogen) atoms. The predicted molar refractivity (Wildman–Crippen MR) is 83.7 cm³/mol. The van der Waals surface area contributed by atoms with E-state index in [1.165, 1.54) is 6.08 Å². The Balaban J connectivity index is 2.23. The fourth-order valence-electron chi connectivity index (χ4n) is 1.69. The van der Waals surface area contributed by atoms with Gasteiger partial charge in [-0.1, -0.05) is 52.3 Å². The van der Waals surface area contributed by atoms with Gasteiger partial charge in [0.05, 0.1) is 0 Å². The van der Waals surface area contributed by atoms with E-state index in [1.54, 1.807) is 48.5 Å². The highest BCUT2D eigenvalue weighted by Crippen LogP contribution is 2.12. The van der Waals surface area contributed by atoms with Crippen LogP contribution in [0.15, 0.2) is 64.8 Å². The fourth-order valence-corrected chi connectivity index (χ4v) is 2.09. The molecular formula is C16H12BrNO3. The van der Waals surface area contributed by atoms with Gasteiger partial charge in [-0.15, -0.1) is 0 Å².